The molecule has 3 heterocycles. The number of hydrogen-bond donors (Lipinski definition) is 3. The van der Waals surface area contributed by atoms with E-state index in [0.29, 0.717) is 33.9 Å². The predicted octanol–water partition coefficient (Wildman–Crippen LogP) is 4.68. The summed E-state index contributed by atoms with van der Waals surface area (Å²) in [5.41, 5.74) is 0.568. The van der Waals surface area contributed by atoms with Crippen molar-refractivity contribution in [2.45, 2.75) is 81.9 Å². The molecule has 0 aliphatic carbocycles. The Morgan fingerprint density at radius 2 is 1.25 bits per heavy atom. The van der Waals surface area contributed by atoms with Crippen LogP contribution in [0.3, 0.4) is 0 Å². The highest BCUT2D eigenvalue weighted by molar-refractivity contribution is 8.01. The van der Waals surface area contributed by atoms with Crippen molar-refractivity contribution in [1.82, 2.24) is 30.7 Å². The first-order valence-electron chi connectivity index (χ1n) is 23.6. The molecule has 20 nitrogen and oxygen atoms in total. The van der Waals surface area contributed by atoms with E-state index in [1.165, 1.54) is 17.0 Å². The number of urea groups is 1. The number of β-lactam (4-membered cyclic amide) rings is 1. The number of esters is 3. The molecule has 5 aromatic rings. The quantitative estimate of drug-likeness (QED) is 0.0334. The van der Waals surface area contributed by atoms with Crippen LogP contribution in [-0.4, -0.2) is 104 Å². The van der Waals surface area contributed by atoms with Crippen molar-refractivity contribution < 1.29 is 66.8 Å². The van der Waals surface area contributed by atoms with Gasteiger partial charge in [0.1, 0.15) is 37.3 Å². The van der Waals surface area contributed by atoms with Crippen molar-refractivity contribution in [3.05, 3.63) is 155 Å². The highest BCUT2D eigenvalue weighted by Crippen LogP contribution is 2.56. The molecular formula is C54H52N6O14S. The zero-order chi connectivity index (χ0) is 53.4. The van der Waals surface area contributed by atoms with E-state index in [1.807, 2.05) is 60.7 Å². The van der Waals surface area contributed by atoms with Crippen LogP contribution in [-0.2, 0) is 69.5 Å². The second-order valence-corrected chi connectivity index (χ2v) is 19.8. The van der Waals surface area contributed by atoms with Gasteiger partial charge in [-0.25, -0.2) is 9.59 Å². The summed E-state index contributed by atoms with van der Waals surface area (Å²) in [6.45, 7) is 5.02. The molecule has 4 atom stereocenters. The van der Waals surface area contributed by atoms with Crippen molar-refractivity contribution in [2.75, 3.05) is 13.1 Å². The maximum Gasteiger partial charge on any atom is 0.355 e. The number of hydrogen-bond acceptors (Lipinski definition) is 15. The number of carbonyl (C=O) groups is 9. The van der Waals surface area contributed by atoms with E-state index in [9.17, 15) is 38.4 Å². The Bertz CT molecular complexity index is 3020. The fourth-order valence-corrected chi connectivity index (χ4v) is 10.5. The minimum Gasteiger partial charge on any atom is -0.485 e. The average molecular weight is 1040 g/mol. The topological polar surface area (TPSA) is 246 Å². The molecule has 75 heavy (non-hydrogen) atoms. The van der Waals surface area contributed by atoms with Gasteiger partial charge in [0.25, 0.3) is 5.91 Å². The van der Waals surface area contributed by atoms with Gasteiger partial charge in [0.05, 0.1) is 4.75 Å². The van der Waals surface area contributed by atoms with E-state index in [4.69, 9.17) is 23.7 Å². The van der Waals surface area contributed by atoms with Crippen LogP contribution in [0.5, 0.6) is 23.0 Å². The zero-order valence-corrected chi connectivity index (χ0v) is 42.0. The molecule has 7 amide bonds. The number of rotatable bonds is 19. The molecule has 3 saturated heterocycles. The number of imide groups is 1. The molecule has 3 fully saturated rings. The van der Waals surface area contributed by atoms with Crippen molar-refractivity contribution in [3.63, 3.8) is 0 Å². The molecule has 3 aliphatic rings. The third kappa shape index (κ3) is 11.4. The molecule has 3 aliphatic heterocycles. The van der Waals surface area contributed by atoms with Crippen LogP contribution in [0.1, 0.15) is 61.6 Å². The second-order valence-electron chi connectivity index (χ2n) is 18.0. The average Bonchev–Trinajstić information content (AvgIpc) is 3.71. The SMILES string of the molecule is CC(=O)Oc1ccc(C(NC(=O)N2CCN(Cc3ccc(OCc4ccccc4)c(OCc4ccccc4)c3)C(=O)C2=O)C(=O)N[C@@]2(C(=O)OCc3ccccc3)N3C(=O)[C@@H](NC=O)[C@H]3SC2(C)C)cc1OC(C)=O. The molecule has 5 aromatic carbocycles. The maximum absolute atomic E-state index is 15.1. The molecule has 0 saturated carbocycles. The molecule has 3 N–H and O–H groups in total. The van der Waals surface area contributed by atoms with Crippen LogP contribution < -0.4 is 34.9 Å². The van der Waals surface area contributed by atoms with Crippen LogP contribution >= 0.6 is 11.8 Å². The molecule has 1 unspecified atom stereocenters. The summed E-state index contributed by atoms with van der Waals surface area (Å²) in [5, 5.41) is 6.80. The molecular weight excluding hydrogens is 989 g/mol. The Morgan fingerprint density at radius 1 is 0.680 bits per heavy atom. The molecule has 0 radical (unpaired) electrons. The minimum atomic E-state index is -2.30. The van der Waals surface area contributed by atoms with E-state index >= 15 is 4.79 Å². The monoisotopic (exact) mass is 1040 g/mol. The Morgan fingerprint density at radius 3 is 1.85 bits per heavy atom. The van der Waals surface area contributed by atoms with Crippen LogP contribution in [0.4, 0.5) is 4.79 Å². The van der Waals surface area contributed by atoms with E-state index in [-0.39, 0.29) is 56.5 Å². The van der Waals surface area contributed by atoms with E-state index in [2.05, 4.69) is 16.0 Å². The van der Waals surface area contributed by atoms with Gasteiger partial charge in [-0.2, -0.15) is 0 Å². The van der Waals surface area contributed by atoms with Crippen LogP contribution in [0.25, 0.3) is 0 Å². The summed E-state index contributed by atoms with van der Waals surface area (Å²) in [6, 6.07) is 32.2. The molecule has 0 spiro atoms. The van der Waals surface area contributed by atoms with E-state index in [1.54, 1.807) is 62.4 Å². The van der Waals surface area contributed by atoms with Gasteiger partial charge >= 0.3 is 35.8 Å². The number of carbonyl (C=O) groups excluding carboxylic acids is 9. The first kappa shape index (κ1) is 52.6. The molecule has 388 valence electrons. The van der Waals surface area contributed by atoms with Crippen LogP contribution in [0.15, 0.2) is 127 Å². The third-order valence-electron chi connectivity index (χ3n) is 12.5. The number of benzene rings is 5. The molecule has 0 bridgehead atoms. The number of thioether (sulfide) groups is 1. The van der Waals surface area contributed by atoms with Gasteiger partial charge in [-0.3, -0.25) is 43.4 Å². The number of ether oxygens (including phenoxy) is 5. The molecule has 0 aromatic heterocycles. The van der Waals surface area contributed by atoms with Gasteiger partial charge in [-0.1, -0.05) is 103 Å². The van der Waals surface area contributed by atoms with Crippen LogP contribution in [0.2, 0.25) is 0 Å². The van der Waals surface area contributed by atoms with Crippen molar-refractivity contribution >= 4 is 65.7 Å². The normalized spacial score (nSPS) is 18.9. The number of nitrogens with one attached hydrogen (secondary N) is 3. The first-order chi connectivity index (χ1) is 36.0. The maximum atomic E-state index is 15.1. The summed E-state index contributed by atoms with van der Waals surface area (Å²) >= 11 is 1.10. The van der Waals surface area contributed by atoms with Crippen LogP contribution in [0, 0.1) is 0 Å². The zero-order valence-electron chi connectivity index (χ0n) is 41.1. The third-order valence-corrected chi connectivity index (χ3v) is 14.1. The lowest BCUT2D eigenvalue weighted by Crippen LogP contribution is -2.80. The summed E-state index contributed by atoms with van der Waals surface area (Å²) in [5.74, 6) is -6.56. The Labute approximate surface area is 434 Å². The van der Waals surface area contributed by atoms with E-state index in [0.717, 1.165) is 47.7 Å². The smallest absolute Gasteiger partial charge is 0.355 e. The summed E-state index contributed by atoms with van der Waals surface area (Å²) in [7, 11) is 0. The number of amides is 7. The van der Waals surface area contributed by atoms with Gasteiger partial charge < -0.3 is 44.5 Å². The highest BCUT2D eigenvalue weighted by atomic mass is 32.2. The lowest BCUT2D eigenvalue weighted by Gasteiger charge is -2.50. The highest BCUT2D eigenvalue weighted by Gasteiger charge is 2.74. The number of piperazine rings is 1. The Hall–Kier alpha value is -8.72. The predicted molar refractivity (Wildman–Crippen MR) is 268 cm³/mol. The Balaban J connectivity index is 1.06. The van der Waals surface area contributed by atoms with Crippen molar-refractivity contribution in [1.29, 1.82) is 0 Å². The fourth-order valence-electron chi connectivity index (χ4n) is 8.80. The lowest BCUT2D eigenvalue weighted by molar-refractivity contribution is -0.181. The Kier molecular flexibility index (Phi) is 15.8. The molecule has 21 heteroatoms. The largest absolute Gasteiger partial charge is 0.485 e. The van der Waals surface area contributed by atoms with Gasteiger partial charge in [0.15, 0.2) is 23.0 Å². The van der Waals surface area contributed by atoms with Crippen molar-refractivity contribution in [2.24, 2.45) is 0 Å². The number of nitrogens with zero attached hydrogens (tertiary/aromatic N) is 3. The van der Waals surface area contributed by atoms with Gasteiger partial charge in [0.2, 0.25) is 18.0 Å². The first-order valence-corrected chi connectivity index (χ1v) is 24.5. The van der Waals surface area contributed by atoms with Crippen molar-refractivity contribution in [3.8, 4) is 23.0 Å². The summed E-state index contributed by atoms with van der Waals surface area (Å²) in [4.78, 5) is 125. The molecule has 8 rings (SSSR count). The minimum absolute atomic E-state index is 0.0605. The van der Waals surface area contributed by atoms with Gasteiger partial charge in [-0.15, -0.1) is 11.8 Å². The second kappa shape index (κ2) is 22.6. The lowest BCUT2D eigenvalue weighted by atomic mass is 9.87. The number of fused-ring (bicyclic) bond motifs is 1. The summed E-state index contributed by atoms with van der Waals surface area (Å²) < 4.78 is 27.4. The standard InChI is InChI=1S/C54H52N6O14S/c1-33(62)73-41-23-21-39(27-43(41)74-34(2)63)44(46(64)57-54(51(68)72-31-37-18-12-7-13-19-37)53(3,4)75-50-45(55-32-61)47(65)60(50)54)56-52(69)59-25-24-58(48(66)49(59)67)28-38-20-22-40(70-29-35-14-8-5-9-15-35)42(26-38)71-30-36-16-10-6-11-17-36/h5-23,26-27,32,44-45,50H,24-25,28-31H2,1-4H3,(H,55,61)(H,56,69)(H,57,64)/t44?,45-,50-,54+/m1/s1. The van der Waals surface area contributed by atoms with Gasteiger partial charge in [-0.05, 0) is 65.9 Å². The van der Waals surface area contributed by atoms with Gasteiger partial charge in [0, 0.05) is 33.5 Å². The summed E-state index contributed by atoms with van der Waals surface area (Å²) in [6.07, 6.45) is 0.344. The van der Waals surface area contributed by atoms with E-state index < -0.39 is 75.4 Å². The fraction of sp³-hybridized carbons (Fsp3) is 0.278.